The Morgan fingerprint density at radius 2 is 1.04 bits per heavy atom. The highest BCUT2D eigenvalue weighted by Crippen LogP contribution is 2.57. The van der Waals surface area contributed by atoms with Crippen molar-refractivity contribution in [3.8, 4) is 0 Å². The van der Waals surface area contributed by atoms with Crippen LogP contribution in [0.3, 0.4) is 0 Å². The second kappa shape index (κ2) is 13.7. The van der Waals surface area contributed by atoms with Crippen LogP contribution in [-0.4, -0.2) is 31.3 Å². The summed E-state index contributed by atoms with van der Waals surface area (Å²) in [4.78, 5) is 24.8. The Labute approximate surface area is 286 Å². The number of aryl methyl sites for hydroxylation is 2. The summed E-state index contributed by atoms with van der Waals surface area (Å²) >= 11 is 0. The Balaban J connectivity index is 2.32. The van der Waals surface area contributed by atoms with Crippen LogP contribution in [0.1, 0.15) is 149 Å². The number of aliphatic carboxylic acids is 2. The smallest absolute Gasteiger partial charge is 0.310 e. The Kier molecular flexibility index (Phi) is 11.8. The zero-order valence-corrected chi connectivity index (χ0v) is 32.9. The zero-order valence-electron chi connectivity index (χ0n) is 32.9. The van der Waals surface area contributed by atoms with E-state index in [1.165, 1.54) is 0 Å². The lowest BCUT2D eigenvalue weighted by Crippen LogP contribution is -2.50. The van der Waals surface area contributed by atoms with E-state index < -0.39 is 34.6 Å². The number of hydrogen-bond donors (Lipinski definition) is 2. The van der Waals surface area contributed by atoms with Crippen molar-refractivity contribution in [1.82, 2.24) is 9.13 Å². The molecule has 3 atom stereocenters. The van der Waals surface area contributed by atoms with Gasteiger partial charge < -0.3 is 10.2 Å². The lowest BCUT2D eigenvalue weighted by atomic mass is 9.52. The number of aromatic nitrogens is 4. The van der Waals surface area contributed by atoms with E-state index >= 15 is 0 Å². The SMILES string of the molecule is CC(C)(C)CC(n1cc[n+](CC[n+]2ccn(C(CC(C)(C)C(C)(C)CC(CC(=O)O)(C(=O)O)C(C)(C)C)C(C)(C)C)c2)c1)C(C)(C)C. The van der Waals surface area contributed by atoms with E-state index in [4.69, 9.17) is 0 Å². The third kappa shape index (κ3) is 10.2. The number of nitrogens with zero attached hydrogens (tertiary/aromatic N) is 4. The summed E-state index contributed by atoms with van der Waals surface area (Å²) in [5.74, 6) is -2.11. The average molecular weight is 659 g/mol. The van der Waals surface area contributed by atoms with E-state index in [0.717, 1.165) is 25.9 Å². The van der Waals surface area contributed by atoms with Gasteiger partial charge >= 0.3 is 11.9 Å². The Morgan fingerprint density at radius 3 is 1.36 bits per heavy atom. The van der Waals surface area contributed by atoms with Gasteiger partial charge in [0.15, 0.2) is 0 Å². The number of carboxylic acid groups (broad SMARTS) is 2. The monoisotopic (exact) mass is 659 g/mol. The van der Waals surface area contributed by atoms with Crippen molar-refractivity contribution < 1.29 is 28.9 Å². The molecule has 3 unspecified atom stereocenters. The number of rotatable bonds is 14. The van der Waals surface area contributed by atoms with Crippen LogP contribution in [-0.2, 0) is 22.7 Å². The molecule has 0 bridgehead atoms. The van der Waals surface area contributed by atoms with Gasteiger partial charge in [0.05, 0.1) is 11.8 Å². The van der Waals surface area contributed by atoms with Crippen molar-refractivity contribution in [2.75, 3.05) is 0 Å². The highest BCUT2D eigenvalue weighted by molar-refractivity contribution is 5.82. The molecule has 0 aliphatic carbocycles. The van der Waals surface area contributed by atoms with Crippen molar-refractivity contribution in [1.29, 1.82) is 0 Å². The van der Waals surface area contributed by atoms with E-state index in [1.807, 2.05) is 20.8 Å². The first kappa shape index (κ1) is 40.5. The Hall–Kier alpha value is -2.64. The summed E-state index contributed by atoms with van der Waals surface area (Å²) in [5, 5.41) is 20.3. The van der Waals surface area contributed by atoms with Gasteiger partial charge in [0, 0.05) is 10.8 Å². The third-order valence-electron chi connectivity index (χ3n) is 11.1. The summed E-state index contributed by atoms with van der Waals surface area (Å²) in [6, 6.07) is 0.552. The summed E-state index contributed by atoms with van der Waals surface area (Å²) in [6.45, 7) is 36.6. The minimum Gasteiger partial charge on any atom is -0.481 e. The van der Waals surface area contributed by atoms with Gasteiger partial charge in [-0.05, 0) is 40.9 Å². The van der Waals surface area contributed by atoms with Gasteiger partial charge in [0.25, 0.3) is 0 Å². The first-order valence-electron chi connectivity index (χ1n) is 17.5. The van der Waals surface area contributed by atoms with Crippen LogP contribution in [0.25, 0.3) is 0 Å². The van der Waals surface area contributed by atoms with E-state index in [1.54, 1.807) is 0 Å². The lowest BCUT2D eigenvalue weighted by molar-refractivity contribution is -0.778. The second-order valence-corrected chi connectivity index (χ2v) is 20.1. The molecule has 0 saturated heterocycles. The highest BCUT2D eigenvalue weighted by Gasteiger charge is 2.56. The molecule has 0 aliphatic heterocycles. The molecule has 0 aliphatic rings. The number of imidazole rings is 2. The molecule has 2 aromatic rings. The van der Waals surface area contributed by atoms with Crippen LogP contribution in [0.5, 0.6) is 0 Å². The lowest BCUT2D eigenvalue weighted by Gasteiger charge is -2.51. The molecule has 0 spiro atoms. The minimum atomic E-state index is -1.40. The maximum Gasteiger partial charge on any atom is 0.310 e. The molecule has 2 N–H and O–H groups in total. The third-order valence-corrected chi connectivity index (χ3v) is 11.1. The van der Waals surface area contributed by atoms with Crippen molar-refractivity contribution in [2.24, 2.45) is 37.9 Å². The fourth-order valence-corrected chi connectivity index (χ4v) is 7.06. The average Bonchev–Trinajstić information content (AvgIpc) is 3.50. The van der Waals surface area contributed by atoms with Gasteiger partial charge in [-0.2, -0.15) is 0 Å². The summed E-state index contributed by atoms with van der Waals surface area (Å²) in [5.41, 5.74) is -2.59. The quantitative estimate of drug-likeness (QED) is 0.199. The van der Waals surface area contributed by atoms with Crippen molar-refractivity contribution in [3.63, 3.8) is 0 Å². The van der Waals surface area contributed by atoms with Crippen molar-refractivity contribution in [2.45, 2.75) is 162 Å². The summed E-state index contributed by atoms with van der Waals surface area (Å²) in [7, 11) is 0. The van der Waals surface area contributed by atoms with E-state index in [-0.39, 0.29) is 34.1 Å². The predicted molar refractivity (Wildman–Crippen MR) is 189 cm³/mol. The molecule has 0 aromatic carbocycles. The molecule has 8 heteroatoms. The molecule has 8 nitrogen and oxygen atoms in total. The van der Waals surface area contributed by atoms with E-state index in [0.29, 0.717) is 6.04 Å². The fourth-order valence-electron chi connectivity index (χ4n) is 7.06. The van der Waals surface area contributed by atoms with Crippen molar-refractivity contribution >= 4 is 11.9 Å². The maximum atomic E-state index is 12.8. The number of carboxylic acids is 2. The van der Waals surface area contributed by atoms with Crippen LogP contribution in [0.4, 0.5) is 0 Å². The Bertz CT molecular complexity index is 1350. The molecule has 0 fully saturated rings. The van der Waals surface area contributed by atoms with Crippen LogP contribution in [0.15, 0.2) is 37.4 Å². The molecule has 0 saturated carbocycles. The first-order chi connectivity index (χ1) is 20.9. The topological polar surface area (TPSA) is 92.2 Å². The number of hydrogen-bond acceptors (Lipinski definition) is 2. The van der Waals surface area contributed by atoms with Crippen LogP contribution < -0.4 is 9.13 Å². The minimum absolute atomic E-state index is 0.0693. The largest absolute Gasteiger partial charge is 0.481 e. The molecule has 0 radical (unpaired) electrons. The van der Waals surface area contributed by atoms with E-state index in [2.05, 4.69) is 146 Å². The molecule has 47 heavy (non-hydrogen) atoms. The fraction of sp³-hybridized carbons (Fsp3) is 0.795. The van der Waals surface area contributed by atoms with Gasteiger partial charge in [0.1, 0.15) is 50.0 Å². The molecular weight excluding hydrogens is 588 g/mol. The van der Waals surface area contributed by atoms with Gasteiger partial charge in [-0.25, -0.2) is 18.3 Å². The Morgan fingerprint density at radius 1 is 0.638 bits per heavy atom. The van der Waals surface area contributed by atoms with Crippen LogP contribution in [0.2, 0.25) is 0 Å². The van der Waals surface area contributed by atoms with Gasteiger partial charge in [-0.15, -0.1) is 0 Å². The highest BCUT2D eigenvalue weighted by atomic mass is 16.4. The molecule has 2 aromatic heterocycles. The summed E-state index contributed by atoms with van der Waals surface area (Å²) < 4.78 is 9.23. The number of carbonyl (C=O) groups is 2. The molecular formula is C39H70N4O4+2. The standard InChI is InChI=1S/C39H68N4O4/c1-33(2,3)23-29(34(4,5)6)42-21-19-40(27-42)17-18-41-20-22-43(28-41)30(35(7,8)9)24-37(13,14)38(15,16)26-39(32(46)47,25-31(44)45)36(10,11)12/h19-22,27-30H,17-18,23-26H2,1-16H3/p+2. The van der Waals surface area contributed by atoms with Crippen molar-refractivity contribution in [3.05, 3.63) is 37.4 Å². The zero-order chi connectivity index (χ0) is 36.6. The normalized spacial score (nSPS) is 16.5. The molecule has 268 valence electrons. The van der Waals surface area contributed by atoms with Crippen LogP contribution in [0, 0.1) is 37.9 Å². The molecule has 0 amide bonds. The molecule has 2 heterocycles. The maximum absolute atomic E-state index is 12.8. The second-order valence-electron chi connectivity index (χ2n) is 20.1. The predicted octanol–water partition coefficient (Wildman–Crippen LogP) is 8.60. The van der Waals surface area contributed by atoms with Crippen LogP contribution >= 0.6 is 0 Å². The van der Waals surface area contributed by atoms with E-state index in [9.17, 15) is 19.8 Å². The summed E-state index contributed by atoms with van der Waals surface area (Å²) in [6.07, 6.45) is 14.9. The first-order valence-corrected chi connectivity index (χ1v) is 17.5. The van der Waals surface area contributed by atoms with Gasteiger partial charge in [0.2, 0.25) is 12.7 Å². The molecule has 2 rings (SSSR count). The van der Waals surface area contributed by atoms with Gasteiger partial charge in [-0.1, -0.05) is 111 Å². The van der Waals surface area contributed by atoms with Gasteiger partial charge in [-0.3, -0.25) is 9.59 Å².